The van der Waals surface area contributed by atoms with Gasteiger partial charge < -0.3 is 34.9 Å². The van der Waals surface area contributed by atoms with Crippen LogP contribution in [0.25, 0.3) is 6.08 Å². The van der Waals surface area contributed by atoms with Crippen molar-refractivity contribution in [1.29, 1.82) is 0 Å². The van der Waals surface area contributed by atoms with E-state index in [1.807, 2.05) is 13.0 Å². The topological polar surface area (TPSA) is 124 Å². The first-order chi connectivity index (χ1) is 22.9. The fraction of sp³-hybridized carbons (Fsp3) is 0.194. The van der Waals surface area contributed by atoms with Crippen molar-refractivity contribution in [2.24, 2.45) is 0 Å². The molecule has 5 rings (SSSR count). The van der Waals surface area contributed by atoms with Crippen LogP contribution in [0.1, 0.15) is 29.3 Å². The largest absolute Gasteiger partial charge is 0.493 e. The van der Waals surface area contributed by atoms with Gasteiger partial charge in [-0.3, -0.25) is 14.4 Å². The van der Waals surface area contributed by atoms with Crippen molar-refractivity contribution in [3.8, 4) is 23.0 Å². The Morgan fingerprint density at radius 1 is 0.809 bits per heavy atom. The quantitative estimate of drug-likeness (QED) is 0.119. The summed E-state index contributed by atoms with van der Waals surface area (Å²) in [4.78, 5) is 40.7. The third kappa shape index (κ3) is 8.65. The molecule has 0 bridgehead atoms. The van der Waals surface area contributed by atoms with Crippen molar-refractivity contribution in [3.63, 3.8) is 0 Å². The monoisotopic (exact) mass is 653 g/mol. The number of nitrogens with one attached hydrogen (secondary N) is 3. The molecule has 47 heavy (non-hydrogen) atoms. The number of benzene rings is 4. The molecule has 1 atom stereocenters. The predicted molar refractivity (Wildman–Crippen MR) is 183 cm³/mol. The lowest BCUT2D eigenvalue weighted by molar-refractivity contribution is -0.116. The fourth-order valence-electron chi connectivity index (χ4n) is 4.73. The molecule has 1 aliphatic rings. The number of hydrogen-bond acceptors (Lipinski definition) is 8. The maximum Gasteiger partial charge on any atom is 0.272 e. The number of ether oxygens (including phenoxy) is 4. The van der Waals surface area contributed by atoms with E-state index in [4.69, 9.17) is 18.9 Å². The maximum absolute atomic E-state index is 13.6. The average molecular weight is 654 g/mol. The van der Waals surface area contributed by atoms with E-state index in [0.717, 1.165) is 4.90 Å². The van der Waals surface area contributed by atoms with Crippen LogP contribution < -0.4 is 34.9 Å². The third-order valence-electron chi connectivity index (χ3n) is 7.09. The third-order valence-corrected chi connectivity index (χ3v) is 8.45. The number of anilines is 2. The standard InChI is InChI=1S/C36H35N3O7S/c1-4-33(36(42)38-26-14-16-30-32(22-26)46-18-17-45-30)47-27-12-8-11-25(21-27)37-35(41)28(39-34(40)24-9-6-5-7-10-24)19-23-13-15-29(43-2)31(20-23)44-3/h5-16,19-22,33H,4,17-18H2,1-3H3,(H,37,41)(H,38,42)(H,39,40)/b28-19+. The zero-order valence-electron chi connectivity index (χ0n) is 26.2. The predicted octanol–water partition coefficient (Wildman–Crippen LogP) is 6.39. The lowest BCUT2D eigenvalue weighted by Gasteiger charge is -2.20. The number of rotatable bonds is 12. The van der Waals surface area contributed by atoms with Gasteiger partial charge in [0, 0.05) is 27.9 Å². The summed E-state index contributed by atoms with van der Waals surface area (Å²) in [7, 11) is 3.06. The van der Waals surface area contributed by atoms with Crippen molar-refractivity contribution >= 4 is 46.9 Å². The molecule has 1 unspecified atom stereocenters. The number of hydrogen-bond donors (Lipinski definition) is 3. The normalized spacial score (nSPS) is 12.8. The molecule has 4 aromatic rings. The summed E-state index contributed by atoms with van der Waals surface area (Å²) in [5, 5.41) is 8.19. The molecule has 0 spiro atoms. The number of methoxy groups -OCH3 is 2. The number of carbonyl (C=O) groups excluding carboxylic acids is 3. The van der Waals surface area contributed by atoms with E-state index in [-0.39, 0.29) is 11.6 Å². The Morgan fingerprint density at radius 3 is 2.30 bits per heavy atom. The molecule has 0 fully saturated rings. The molecule has 0 saturated carbocycles. The van der Waals surface area contributed by atoms with Crippen LogP contribution >= 0.6 is 11.8 Å². The van der Waals surface area contributed by atoms with Crippen molar-refractivity contribution in [3.05, 3.63) is 108 Å². The first-order valence-electron chi connectivity index (χ1n) is 15.0. The average Bonchev–Trinajstić information content (AvgIpc) is 3.10. The van der Waals surface area contributed by atoms with Gasteiger partial charge in [0.15, 0.2) is 23.0 Å². The Labute approximate surface area is 277 Å². The second-order valence-electron chi connectivity index (χ2n) is 10.3. The van der Waals surface area contributed by atoms with Gasteiger partial charge >= 0.3 is 0 Å². The molecule has 0 aromatic heterocycles. The molecule has 3 N–H and O–H groups in total. The Balaban J connectivity index is 1.31. The minimum atomic E-state index is -0.533. The summed E-state index contributed by atoms with van der Waals surface area (Å²) in [6.45, 7) is 2.88. The van der Waals surface area contributed by atoms with Crippen LogP contribution in [0.4, 0.5) is 11.4 Å². The van der Waals surface area contributed by atoms with E-state index >= 15 is 0 Å². The molecular weight excluding hydrogens is 618 g/mol. The van der Waals surface area contributed by atoms with E-state index in [0.29, 0.717) is 65.1 Å². The maximum atomic E-state index is 13.6. The van der Waals surface area contributed by atoms with Crippen LogP contribution in [0.5, 0.6) is 23.0 Å². The number of carbonyl (C=O) groups is 3. The highest BCUT2D eigenvalue weighted by atomic mass is 32.2. The molecule has 1 heterocycles. The molecule has 11 heteroatoms. The van der Waals surface area contributed by atoms with Crippen LogP contribution in [0, 0.1) is 0 Å². The highest BCUT2D eigenvalue weighted by Gasteiger charge is 2.21. The molecule has 1 aliphatic heterocycles. The number of thioether (sulfide) groups is 1. The van der Waals surface area contributed by atoms with E-state index in [9.17, 15) is 14.4 Å². The SMILES string of the molecule is CCC(Sc1cccc(NC(=O)/C(=C\c2ccc(OC)c(OC)c2)NC(=O)c2ccccc2)c1)C(=O)Nc1ccc2c(c1)OCCO2. The van der Waals surface area contributed by atoms with E-state index < -0.39 is 17.1 Å². The van der Waals surface area contributed by atoms with Crippen molar-refractivity contribution in [1.82, 2.24) is 5.32 Å². The summed E-state index contributed by atoms with van der Waals surface area (Å²) >= 11 is 1.38. The lowest BCUT2D eigenvalue weighted by Crippen LogP contribution is -2.30. The van der Waals surface area contributed by atoms with E-state index in [1.54, 1.807) is 91.0 Å². The second kappa shape index (κ2) is 15.7. The van der Waals surface area contributed by atoms with Gasteiger partial charge in [-0.15, -0.1) is 11.8 Å². The zero-order chi connectivity index (χ0) is 33.2. The first-order valence-corrected chi connectivity index (χ1v) is 15.8. The van der Waals surface area contributed by atoms with Gasteiger partial charge in [0.25, 0.3) is 11.8 Å². The number of fused-ring (bicyclic) bond motifs is 1. The van der Waals surface area contributed by atoms with Gasteiger partial charge in [0.1, 0.15) is 18.9 Å². The smallest absolute Gasteiger partial charge is 0.272 e. The van der Waals surface area contributed by atoms with Crippen LogP contribution in [0.15, 0.2) is 102 Å². The van der Waals surface area contributed by atoms with Gasteiger partial charge in [-0.1, -0.05) is 37.3 Å². The summed E-state index contributed by atoms with van der Waals surface area (Å²) < 4.78 is 21.9. The van der Waals surface area contributed by atoms with Gasteiger partial charge in [0.05, 0.1) is 19.5 Å². The number of amides is 3. The zero-order valence-corrected chi connectivity index (χ0v) is 27.0. The molecule has 0 saturated heterocycles. The van der Waals surface area contributed by atoms with Crippen molar-refractivity contribution in [2.75, 3.05) is 38.1 Å². The second-order valence-corrected chi connectivity index (χ2v) is 11.6. The Hall–Kier alpha value is -5.42. The molecule has 242 valence electrons. The van der Waals surface area contributed by atoms with E-state index in [2.05, 4.69) is 16.0 Å². The summed E-state index contributed by atoms with van der Waals surface area (Å²) in [5.41, 5.74) is 2.15. The van der Waals surface area contributed by atoms with Gasteiger partial charge in [-0.05, 0) is 72.7 Å². The summed E-state index contributed by atoms with van der Waals surface area (Å²) in [5.74, 6) is 1.12. The van der Waals surface area contributed by atoms with Gasteiger partial charge in [0.2, 0.25) is 5.91 Å². The Bertz CT molecular complexity index is 1780. The van der Waals surface area contributed by atoms with Gasteiger partial charge in [-0.25, -0.2) is 0 Å². The lowest BCUT2D eigenvalue weighted by atomic mass is 10.1. The van der Waals surface area contributed by atoms with E-state index in [1.165, 1.54) is 26.0 Å². The van der Waals surface area contributed by atoms with Crippen LogP contribution in [-0.2, 0) is 9.59 Å². The molecule has 10 nitrogen and oxygen atoms in total. The highest BCUT2D eigenvalue weighted by molar-refractivity contribution is 8.00. The Kier molecular flexibility index (Phi) is 11.0. The van der Waals surface area contributed by atoms with Crippen LogP contribution in [-0.4, -0.2) is 50.4 Å². The minimum Gasteiger partial charge on any atom is -0.493 e. The minimum absolute atomic E-state index is 0.0226. The van der Waals surface area contributed by atoms with Crippen LogP contribution in [0.3, 0.4) is 0 Å². The van der Waals surface area contributed by atoms with Crippen molar-refractivity contribution in [2.45, 2.75) is 23.5 Å². The summed E-state index contributed by atoms with van der Waals surface area (Å²) in [6, 6.07) is 26.3. The molecule has 0 radical (unpaired) electrons. The summed E-state index contributed by atoms with van der Waals surface area (Å²) in [6.07, 6.45) is 2.13. The van der Waals surface area contributed by atoms with Crippen LogP contribution in [0.2, 0.25) is 0 Å². The first kappa shape index (κ1) is 33.0. The molecule has 0 aliphatic carbocycles. The fourth-order valence-corrected chi connectivity index (χ4v) is 5.74. The highest BCUT2D eigenvalue weighted by Crippen LogP contribution is 2.34. The molecular formula is C36H35N3O7S. The van der Waals surface area contributed by atoms with Gasteiger partial charge in [-0.2, -0.15) is 0 Å². The molecule has 3 amide bonds. The molecule has 4 aromatic carbocycles. The van der Waals surface area contributed by atoms with Crippen molar-refractivity contribution < 1.29 is 33.3 Å². The Morgan fingerprint density at radius 2 is 1.55 bits per heavy atom.